The van der Waals surface area contributed by atoms with Gasteiger partial charge in [-0.15, -0.1) is 0 Å². The molecule has 0 aliphatic heterocycles. The average Bonchev–Trinajstić information content (AvgIpc) is 3.34. The third-order valence-corrected chi connectivity index (χ3v) is 4.55. The second kappa shape index (κ2) is 6.97. The van der Waals surface area contributed by atoms with Crippen molar-refractivity contribution in [2.75, 3.05) is 17.2 Å². The summed E-state index contributed by atoms with van der Waals surface area (Å²) in [6.45, 7) is 4.14. The molecular formula is C20H23N3O2. The van der Waals surface area contributed by atoms with Gasteiger partial charge in [0.2, 0.25) is 5.91 Å². The van der Waals surface area contributed by atoms with Crippen LogP contribution in [0.3, 0.4) is 0 Å². The lowest BCUT2D eigenvalue weighted by atomic mass is 9.95. The molecule has 0 spiro atoms. The van der Waals surface area contributed by atoms with Gasteiger partial charge in [0.05, 0.1) is 0 Å². The zero-order valence-corrected chi connectivity index (χ0v) is 14.6. The number of nitrogens with one attached hydrogen (secondary N) is 3. The number of amides is 3. The van der Waals surface area contributed by atoms with Crippen LogP contribution in [-0.4, -0.2) is 18.5 Å². The van der Waals surface area contributed by atoms with Gasteiger partial charge in [-0.25, -0.2) is 4.79 Å². The van der Waals surface area contributed by atoms with Crippen LogP contribution >= 0.6 is 0 Å². The molecule has 130 valence electrons. The predicted octanol–water partition coefficient (Wildman–Crippen LogP) is 3.81. The lowest BCUT2D eigenvalue weighted by Gasteiger charge is -2.17. The van der Waals surface area contributed by atoms with Crippen molar-refractivity contribution in [1.29, 1.82) is 0 Å². The van der Waals surface area contributed by atoms with E-state index in [9.17, 15) is 9.59 Å². The molecule has 25 heavy (non-hydrogen) atoms. The fourth-order valence-electron chi connectivity index (χ4n) is 2.93. The first-order valence-electron chi connectivity index (χ1n) is 8.47. The Morgan fingerprint density at radius 1 is 1.00 bits per heavy atom. The van der Waals surface area contributed by atoms with Gasteiger partial charge >= 0.3 is 6.03 Å². The number of anilines is 2. The molecule has 0 saturated heterocycles. The van der Waals surface area contributed by atoms with Gasteiger partial charge < -0.3 is 16.0 Å². The zero-order valence-electron chi connectivity index (χ0n) is 14.6. The molecule has 0 heterocycles. The maximum atomic E-state index is 12.2. The smallest absolute Gasteiger partial charge is 0.319 e. The molecule has 0 radical (unpaired) electrons. The van der Waals surface area contributed by atoms with E-state index in [4.69, 9.17) is 0 Å². The predicted molar refractivity (Wildman–Crippen MR) is 99.9 cm³/mol. The molecule has 0 bridgehead atoms. The van der Waals surface area contributed by atoms with Crippen molar-refractivity contribution < 1.29 is 9.59 Å². The standard InChI is InChI=1S/C20H23N3O2/c1-14-6-8-16(9-7-14)20(10-11-20)13-21-19(25)23-18-5-3-4-17(12-18)22-15(2)24/h3-9,12H,10-11,13H2,1-2H3,(H,22,24)(H2,21,23,25). The summed E-state index contributed by atoms with van der Waals surface area (Å²) in [5.41, 5.74) is 3.89. The Kier molecular flexibility index (Phi) is 4.74. The Bertz CT molecular complexity index is 780. The minimum atomic E-state index is -0.238. The van der Waals surface area contributed by atoms with E-state index < -0.39 is 0 Å². The summed E-state index contributed by atoms with van der Waals surface area (Å²) < 4.78 is 0. The summed E-state index contributed by atoms with van der Waals surface area (Å²) in [6, 6.07) is 15.4. The maximum Gasteiger partial charge on any atom is 0.319 e. The van der Waals surface area contributed by atoms with Crippen molar-refractivity contribution in [2.45, 2.75) is 32.1 Å². The van der Waals surface area contributed by atoms with Crippen LogP contribution in [0.15, 0.2) is 48.5 Å². The van der Waals surface area contributed by atoms with Crippen LogP contribution < -0.4 is 16.0 Å². The fraction of sp³-hybridized carbons (Fsp3) is 0.300. The molecule has 1 saturated carbocycles. The summed E-state index contributed by atoms with van der Waals surface area (Å²) >= 11 is 0. The van der Waals surface area contributed by atoms with Crippen LogP contribution in [0.5, 0.6) is 0 Å². The van der Waals surface area contributed by atoms with E-state index in [0.717, 1.165) is 12.8 Å². The Hall–Kier alpha value is -2.82. The number of benzene rings is 2. The highest BCUT2D eigenvalue weighted by molar-refractivity contribution is 5.92. The molecule has 1 aliphatic carbocycles. The lowest BCUT2D eigenvalue weighted by Crippen LogP contribution is -2.35. The van der Waals surface area contributed by atoms with Crippen molar-refractivity contribution in [2.24, 2.45) is 0 Å². The van der Waals surface area contributed by atoms with Crippen molar-refractivity contribution in [3.8, 4) is 0 Å². The van der Waals surface area contributed by atoms with E-state index in [-0.39, 0.29) is 17.4 Å². The van der Waals surface area contributed by atoms with Gasteiger partial charge in [-0.1, -0.05) is 35.9 Å². The van der Waals surface area contributed by atoms with Crippen LogP contribution in [0.1, 0.15) is 30.9 Å². The highest BCUT2D eigenvalue weighted by Crippen LogP contribution is 2.47. The molecule has 0 atom stereocenters. The van der Waals surface area contributed by atoms with Gasteiger partial charge in [0, 0.05) is 30.3 Å². The molecule has 1 fully saturated rings. The SMILES string of the molecule is CC(=O)Nc1cccc(NC(=O)NCC2(c3ccc(C)cc3)CC2)c1. The molecule has 1 aliphatic rings. The highest BCUT2D eigenvalue weighted by atomic mass is 16.2. The fourth-order valence-corrected chi connectivity index (χ4v) is 2.93. The largest absolute Gasteiger partial charge is 0.337 e. The van der Waals surface area contributed by atoms with Gasteiger partial charge in [-0.05, 0) is 43.5 Å². The van der Waals surface area contributed by atoms with Crippen LogP contribution in [0, 0.1) is 6.92 Å². The number of hydrogen-bond acceptors (Lipinski definition) is 2. The minimum absolute atomic E-state index is 0.0725. The number of carbonyl (C=O) groups is 2. The second-order valence-electron chi connectivity index (χ2n) is 6.72. The third kappa shape index (κ3) is 4.38. The molecule has 3 N–H and O–H groups in total. The summed E-state index contributed by atoms with van der Waals surface area (Å²) in [7, 11) is 0. The summed E-state index contributed by atoms with van der Waals surface area (Å²) in [6.07, 6.45) is 2.18. The first kappa shape index (κ1) is 17.0. The topological polar surface area (TPSA) is 70.2 Å². The zero-order chi connectivity index (χ0) is 17.9. The monoisotopic (exact) mass is 337 g/mol. The minimum Gasteiger partial charge on any atom is -0.337 e. The van der Waals surface area contributed by atoms with E-state index in [1.807, 2.05) is 0 Å². The number of carbonyl (C=O) groups excluding carboxylic acids is 2. The Morgan fingerprint density at radius 2 is 1.64 bits per heavy atom. The van der Waals surface area contributed by atoms with E-state index in [1.54, 1.807) is 24.3 Å². The van der Waals surface area contributed by atoms with Gasteiger partial charge in [0.1, 0.15) is 0 Å². The maximum absolute atomic E-state index is 12.2. The number of hydrogen-bond donors (Lipinski definition) is 3. The van der Waals surface area contributed by atoms with Gasteiger partial charge in [0.15, 0.2) is 0 Å². The Morgan fingerprint density at radius 3 is 2.24 bits per heavy atom. The Balaban J connectivity index is 1.56. The van der Waals surface area contributed by atoms with Crippen molar-refractivity contribution >= 4 is 23.3 Å². The van der Waals surface area contributed by atoms with Crippen molar-refractivity contribution in [3.05, 3.63) is 59.7 Å². The third-order valence-electron chi connectivity index (χ3n) is 4.55. The van der Waals surface area contributed by atoms with Crippen molar-refractivity contribution in [3.63, 3.8) is 0 Å². The quantitative estimate of drug-likeness (QED) is 0.776. The first-order valence-corrected chi connectivity index (χ1v) is 8.47. The molecule has 2 aromatic carbocycles. The van der Waals surface area contributed by atoms with E-state index in [1.165, 1.54) is 18.1 Å². The molecule has 0 unspecified atom stereocenters. The van der Waals surface area contributed by atoms with Crippen LogP contribution in [0.4, 0.5) is 16.2 Å². The van der Waals surface area contributed by atoms with E-state index >= 15 is 0 Å². The molecule has 5 heteroatoms. The van der Waals surface area contributed by atoms with Gasteiger partial charge in [0.25, 0.3) is 0 Å². The van der Waals surface area contributed by atoms with E-state index in [2.05, 4.69) is 47.1 Å². The molecular weight excluding hydrogens is 314 g/mol. The highest BCUT2D eigenvalue weighted by Gasteiger charge is 2.44. The summed E-state index contributed by atoms with van der Waals surface area (Å²) in [5, 5.41) is 8.49. The van der Waals surface area contributed by atoms with Crippen LogP contribution in [0.2, 0.25) is 0 Å². The lowest BCUT2D eigenvalue weighted by molar-refractivity contribution is -0.114. The first-order chi connectivity index (χ1) is 12.0. The number of aryl methyl sites for hydroxylation is 1. The van der Waals surface area contributed by atoms with Crippen LogP contribution in [-0.2, 0) is 10.2 Å². The summed E-state index contributed by atoms with van der Waals surface area (Å²) in [5.74, 6) is -0.143. The normalized spacial score (nSPS) is 14.5. The number of rotatable bonds is 5. The van der Waals surface area contributed by atoms with Gasteiger partial charge in [-0.2, -0.15) is 0 Å². The summed E-state index contributed by atoms with van der Waals surface area (Å²) in [4.78, 5) is 23.3. The molecule has 3 rings (SSSR count). The number of urea groups is 1. The molecule has 5 nitrogen and oxygen atoms in total. The molecule has 3 amide bonds. The average molecular weight is 337 g/mol. The van der Waals surface area contributed by atoms with Crippen LogP contribution in [0.25, 0.3) is 0 Å². The van der Waals surface area contributed by atoms with Gasteiger partial charge in [-0.3, -0.25) is 4.79 Å². The van der Waals surface area contributed by atoms with Crippen molar-refractivity contribution in [1.82, 2.24) is 5.32 Å². The molecule has 2 aromatic rings. The molecule has 0 aromatic heterocycles. The second-order valence-corrected chi connectivity index (χ2v) is 6.72. The van der Waals surface area contributed by atoms with E-state index in [0.29, 0.717) is 17.9 Å². The Labute approximate surface area is 147 Å².